The SMILES string of the molecule is Cc1ncc(-c2ccc3nc(NC(=O)C4CC4)cn3n2)cc1NC(=O)N1OCCC1c1ccccc1. The van der Waals surface area contributed by atoms with E-state index < -0.39 is 0 Å². The van der Waals surface area contributed by atoms with E-state index in [9.17, 15) is 9.59 Å². The van der Waals surface area contributed by atoms with Crippen molar-refractivity contribution in [2.24, 2.45) is 5.92 Å². The fourth-order valence-corrected chi connectivity index (χ4v) is 4.29. The van der Waals surface area contributed by atoms with E-state index in [4.69, 9.17) is 4.84 Å². The number of amides is 3. The highest BCUT2D eigenvalue weighted by atomic mass is 16.7. The van der Waals surface area contributed by atoms with Crippen molar-refractivity contribution in [1.82, 2.24) is 24.6 Å². The van der Waals surface area contributed by atoms with Gasteiger partial charge < -0.3 is 10.6 Å². The van der Waals surface area contributed by atoms with Gasteiger partial charge in [-0.2, -0.15) is 10.2 Å². The molecular weight excluding hydrogens is 458 g/mol. The maximum Gasteiger partial charge on any atom is 0.346 e. The molecule has 2 aliphatic rings. The van der Waals surface area contributed by atoms with Crippen LogP contribution >= 0.6 is 0 Å². The Morgan fingerprint density at radius 3 is 2.69 bits per heavy atom. The van der Waals surface area contributed by atoms with E-state index in [0.29, 0.717) is 35.1 Å². The molecule has 1 unspecified atom stereocenters. The number of carbonyl (C=O) groups is 2. The molecule has 1 atom stereocenters. The molecule has 0 spiro atoms. The van der Waals surface area contributed by atoms with Crippen LogP contribution in [0.5, 0.6) is 0 Å². The van der Waals surface area contributed by atoms with E-state index in [0.717, 1.165) is 30.4 Å². The van der Waals surface area contributed by atoms with Gasteiger partial charge in [-0.1, -0.05) is 30.3 Å². The van der Waals surface area contributed by atoms with Crippen molar-refractivity contribution in [1.29, 1.82) is 0 Å². The van der Waals surface area contributed by atoms with Gasteiger partial charge in [-0.25, -0.2) is 14.3 Å². The standard InChI is InChI=1S/C26H25N7O3/c1-16-21(28-26(35)33-22(11-12-36-33)17-5-3-2-4-6-17)13-19(14-27-16)20-9-10-24-29-23(15-32(24)31-20)30-25(34)18-7-8-18/h2-6,9-10,13-15,18,22H,7-8,11-12H2,1H3,(H,28,35)(H,30,34). The molecule has 1 aromatic carbocycles. The van der Waals surface area contributed by atoms with Crippen LogP contribution in [0.1, 0.15) is 36.6 Å². The molecule has 0 radical (unpaired) electrons. The summed E-state index contributed by atoms with van der Waals surface area (Å²) in [5.41, 5.74) is 4.29. The molecule has 1 aliphatic carbocycles. The summed E-state index contributed by atoms with van der Waals surface area (Å²) in [6, 6.07) is 14.9. The van der Waals surface area contributed by atoms with Gasteiger partial charge in [0, 0.05) is 24.1 Å². The second-order valence-corrected chi connectivity index (χ2v) is 9.07. The number of rotatable bonds is 5. The molecule has 10 nitrogen and oxygen atoms in total. The minimum absolute atomic E-state index is 0.00164. The zero-order chi connectivity index (χ0) is 24.6. The van der Waals surface area contributed by atoms with Crippen molar-refractivity contribution < 1.29 is 14.4 Å². The second-order valence-electron chi connectivity index (χ2n) is 9.07. The minimum Gasteiger partial charge on any atom is -0.309 e. The molecular formula is C26H25N7O3. The summed E-state index contributed by atoms with van der Waals surface area (Å²) >= 11 is 0. The van der Waals surface area contributed by atoms with Crippen LogP contribution in [-0.4, -0.2) is 43.2 Å². The van der Waals surface area contributed by atoms with Crippen molar-refractivity contribution in [2.75, 3.05) is 17.2 Å². The molecule has 182 valence electrons. The van der Waals surface area contributed by atoms with Crippen LogP contribution in [0.15, 0.2) is 60.9 Å². The predicted molar refractivity (Wildman–Crippen MR) is 133 cm³/mol. The van der Waals surface area contributed by atoms with Gasteiger partial charge in [0.2, 0.25) is 5.91 Å². The molecule has 36 heavy (non-hydrogen) atoms. The summed E-state index contributed by atoms with van der Waals surface area (Å²) in [5.74, 6) is 0.572. The van der Waals surface area contributed by atoms with E-state index in [-0.39, 0.29) is 23.9 Å². The summed E-state index contributed by atoms with van der Waals surface area (Å²) in [6.07, 6.45) is 5.99. The van der Waals surface area contributed by atoms with E-state index in [1.807, 2.05) is 55.5 Å². The highest BCUT2D eigenvalue weighted by molar-refractivity contribution is 5.93. The van der Waals surface area contributed by atoms with Gasteiger partial charge >= 0.3 is 6.03 Å². The maximum absolute atomic E-state index is 13.1. The first-order chi connectivity index (χ1) is 17.5. The first kappa shape index (κ1) is 22.2. The molecule has 2 N–H and O–H groups in total. The fourth-order valence-electron chi connectivity index (χ4n) is 4.29. The van der Waals surface area contributed by atoms with Crippen LogP contribution in [0.25, 0.3) is 16.9 Å². The number of pyridine rings is 1. The number of nitrogens with one attached hydrogen (secondary N) is 2. The number of aromatic nitrogens is 4. The van der Waals surface area contributed by atoms with E-state index in [1.54, 1.807) is 16.9 Å². The molecule has 2 fully saturated rings. The van der Waals surface area contributed by atoms with Gasteiger partial charge in [0.25, 0.3) is 0 Å². The number of hydrogen-bond donors (Lipinski definition) is 2. The Hall–Kier alpha value is -4.31. The summed E-state index contributed by atoms with van der Waals surface area (Å²) < 4.78 is 1.62. The summed E-state index contributed by atoms with van der Waals surface area (Å²) in [4.78, 5) is 39.7. The number of urea groups is 1. The lowest BCUT2D eigenvalue weighted by atomic mass is 10.1. The number of hydroxylamine groups is 2. The predicted octanol–water partition coefficient (Wildman–Crippen LogP) is 4.36. The first-order valence-electron chi connectivity index (χ1n) is 12.0. The Labute approximate surface area is 207 Å². The van der Waals surface area contributed by atoms with Gasteiger partial charge in [0.1, 0.15) is 0 Å². The van der Waals surface area contributed by atoms with Crippen LogP contribution in [-0.2, 0) is 9.63 Å². The Kier molecular flexibility index (Phi) is 5.57. The zero-order valence-corrected chi connectivity index (χ0v) is 19.7. The van der Waals surface area contributed by atoms with Crippen LogP contribution in [0.3, 0.4) is 0 Å². The molecule has 10 heteroatoms. The molecule has 4 aromatic rings. The largest absolute Gasteiger partial charge is 0.346 e. The quantitative estimate of drug-likeness (QED) is 0.436. The average molecular weight is 484 g/mol. The molecule has 3 amide bonds. The molecule has 1 saturated carbocycles. The van der Waals surface area contributed by atoms with Crippen molar-refractivity contribution in [2.45, 2.75) is 32.2 Å². The maximum atomic E-state index is 13.1. The molecule has 0 bridgehead atoms. The fraction of sp³-hybridized carbons (Fsp3) is 0.269. The van der Waals surface area contributed by atoms with Gasteiger partial charge in [-0.15, -0.1) is 0 Å². The molecule has 4 heterocycles. The lowest BCUT2D eigenvalue weighted by Crippen LogP contribution is -2.33. The summed E-state index contributed by atoms with van der Waals surface area (Å²) in [5, 5.41) is 11.8. The second kappa shape index (κ2) is 9.04. The average Bonchev–Trinajstić information content (AvgIpc) is 3.49. The molecule has 3 aromatic heterocycles. The first-order valence-corrected chi connectivity index (χ1v) is 12.0. The number of benzene rings is 1. The lowest BCUT2D eigenvalue weighted by Gasteiger charge is -2.23. The number of carbonyl (C=O) groups excluding carboxylic acids is 2. The van der Waals surface area contributed by atoms with Crippen LogP contribution in [0.2, 0.25) is 0 Å². The van der Waals surface area contributed by atoms with E-state index in [1.165, 1.54) is 5.06 Å². The Morgan fingerprint density at radius 1 is 1.06 bits per heavy atom. The Bertz CT molecular complexity index is 1450. The lowest BCUT2D eigenvalue weighted by molar-refractivity contribution is -0.117. The van der Waals surface area contributed by atoms with Gasteiger partial charge in [-0.3, -0.25) is 14.6 Å². The summed E-state index contributed by atoms with van der Waals surface area (Å²) in [7, 11) is 0. The minimum atomic E-state index is -0.350. The van der Waals surface area contributed by atoms with Crippen LogP contribution in [0.4, 0.5) is 16.3 Å². The third-order valence-corrected chi connectivity index (χ3v) is 6.43. The highest BCUT2D eigenvalue weighted by Crippen LogP contribution is 2.32. The molecule has 1 aliphatic heterocycles. The van der Waals surface area contributed by atoms with E-state index in [2.05, 4.69) is 25.7 Å². The van der Waals surface area contributed by atoms with E-state index >= 15 is 0 Å². The number of nitrogens with zero attached hydrogens (tertiary/aromatic N) is 5. The van der Waals surface area contributed by atoms with Crippen molar-refractivity contribution >= 4 is 29.1 Å². The number of imidazole rings is 1. The number of aryl methyl sites for hydroxylation is 1. The smallest absolute Gasteiger partial charge is 0.309 e. The van der Waals surface area contributed by atoms with Crippen molar-refractivity contribution in [3.63, 3.8) is 0 Å². The van der Waals surface area contributed by atoms with Gasteiger partial charge in [0.05, 0.1) is 35.9 Å². The van der Waals surface area contributed by atoms with Crippen LogP contribution < -0.4 is 10.6 Å². The van der Waals surface area contributed by atoms with Gasteiger partial charge in [-0.05, 0) is 43.5 Å². The molecule has 6 rings (SSSR count). The van der Waals surface area contributed by atoms with Crippen LogP contribution in [0, 0.1) is 12.8 Å². The number of anilines is 2. The number of hydrogen-bond acceptors (Lipinski definition) is 6. The zero-order valence-electron chi connectivity index (χ0n) is 19.7. The monoisotopic (exact) mass is 483 g/mol. The Balaban J connectivity index is 1.22. The summed E-state index contributed by atoms with van der Waals surface area (Å²) in [6.45, 7) is 2.31. The highest BCUT2D eigenvalue weighted by Gasteiger charge is 2.32. The number of fused-ring (bicyclic) bond motifs is 1. The van der Waals surface area contributed by atoms with Crippen molar-refractivity contribution in [3.05, 3.63) is 72.2 Å². The Morgan fingerprint density at radius 2 is 1.89 bits per heavy atom. The third kappa shape index (κ3) is 4.38. The van der Waals surface area contributed by atoms with Crippen molar-refractivity contribution in [3.8, 4) is 11.3 Å². The third-order valence-electron chi connectivity index (χ3n) is 6.43. The molecule has 1 saturated heterocycles. The van der Waals surface area contributed by atoms with Gasteiger partial charge in [0.15, 0.2) is 11.5 Å². The topological polar surface area (TPSA) is 114 Å². The normalized spacial score (nSPS) is 17.4.